The summed E-state index contributed by atoms with van der Waals surface area (Å²) in [6.07, 6.45) is 0. The number of halogens is 1. The summed E-state index contributed by atoms with van der Waals surface area (Å²) in [5.74, 6) is 0.219. The topological polar surface area (TPSA) is 32.3 Å². The molecule has 1 amide bonds. The molecule has 1 atom stereocenters. The maximum Gasteiger partial charge on any atom is 0.251 e. The number of anilines is 1. The lowest BCUT2D eigenvalue weighted by Gasteiger charge is -2.18. The van der Waals surface area contributed by atoms with Gasteiger partial charge in [0.05, 0.1) is 6.04 Å². The molecular weight excluding hydrogens is 284 g/mol. The van der Waals surface area contributed by atoms with E-state index in [4.69, 9.17) is 11.6 Å². The molecule has 0 heterocycles. The van der Waals surface area contributed by atoms with Gasteiger partial charge in [0.1, 0.15) is 0 Å². The first kappa shape index (κ1) is 15.4. The van der Waals surface area contributed by atoms with Crippen LogP contribution in [0.3, 0.4) is 0 Å². The molecule has 1 unspecified atom stereocenters. The Morgan fingerprint density at radius 2 is 1.86 bits per heavy atom. The Hall–Kier alpha value is -2.00. The molecule has 0 aliphatic rings. The van der Waals surface area contributed by atoms with Gasteiger partial charge in [-0.05, 0) is 23.8 Å². The van der Waals surface area contributed by atoms with Crippen molar-refractivity contribution in [1.82, 2.24) is 5.32 Å². The fourth-order valence-corrected chi connectivity index (χ4v) is 2.32. The molecule has 2 aromatic rings. The van der Waals surface area contributed by atoms with Gasteiger partial charge in [-0.15, -0.1) is 11.6 Å². The molecule has 2 rings (SSSR count). The summed E-state index contributed by atoms with van der Waals surface area (Å²) >= 11 is 5.99. The van der Waals surface area contributed by atoms with Crippen LogP contribution >= 0.6 is 11.6 Å². The molecule has 0 spiro atoms. The fourth-order valence-electron chi connectivity index (χ4n) is 2.06. The predicted molar refractivity (Wildman–Crippen MR) is 88.1 cm³/mol. The summed E-state index contributed by atoms with van der Waals surface area (Å²) < 4.78 is 0. The highest BCUT2D eigenvalue weighted by molar-refractivity contribution is 6.18. The standard InChI is InChI=1S/C17H19ClN2O/c1-20(2)15-10-6-9-14(11-15)17(21)19-16(12-18)13-7-4-3-5-8-13/h3-11,16H,12H2,1-2H3,(H,19,21). The van der Waals surface area contributed by atoms with Crippen molar-refractivity contribution >= 4 is 23.2 Å². The third kappa shape index (κ3) is 3.99. The van der Waals surface area contributed by atoms with E-state index in [2.05, 4.69) is 5.32 Å². The Bertz CT molecular complexity index is 599. The number of nitrogens with one attached hydrogen (secondary N) is 1. The van der Waals surface area contributed by atoms with Crippen LogP contribution in [0.5, 0.6) is 0 Å². The van der Waals surface area contributed by atoms with Gasteiger partial charge in [0.15, 0.2) is 0 Å². The molecule has 1 N–H and O–H groups in total. The average molecular weight is 303 g/mol. The van der Waals surface area contributed by atoms with E-state index in [-0.39, 0.29) is 11.9 Å². The molecule has 0 aliphatic heterocycles. The van der Waals surface area contributed by atoms with Crippen LogP contribution in [0.15, 0.2) is 54.6 Å². The molecule has 21 heavy (non-hydrogen) atoms. The summed E-state index contributed by atoms with van der Waals surface area (Å²) in [6.45, 7) is 0. The van der Waals surface area contributed by atoms with E-state index in [9.17, 15) is 4.79 Å². The van der Waals surface area contributed by atoms with Crippen LogP contribution in [0.1, 0.15) is 22.0 Å². The van der Waals surface area contributed by atoms with Crippen LogP contribution in [0.2, 0.25) is 0 Å². The summed E-state index contributed by atoms with van der Waals surface area (Å²) in [4.78, 5) is 14.3. The van der Waals surface area contributed by atoms with E-state index in [0.29, 0.717) is 11.4 Å². The molecular formula is C17H19ClN2O. The third-order valence-electron chi connectivity index (χ3n) is 3.29. The monoisotopic (exact) mass is 302 g/mol. The number of benzene rings is 2. The predicted octanol–water partition coefficient (Wildman–Crippen LogP) is 3.46. The number of hydrogen-bond donors (Lipinski definition) is 1. The van der Waals surface area contributed by atoms with Gasteiger partial charge >= 0.3 is 0 Å². The Balaban J connectivity index is 2.15. The zero-order valence-corrected chi connectivity index (χ0v) is 13.0. The molecule has 0 saturated heterocycles. The minimum atomic E-state index is -0.191. The largest absolute Gasteiger partial charge is 0.378 e. The van der Waals surface area contributed by atoms with Crippen molar-refractivity contribution in [3.63, 3.8) is 0 Å². The smallest absolute Gasteiger partial charge is 0.251 e. The molecule has 0 aromatic heterocycles. The lowest BCUT2D eigenvalue weighted by Crippen LogP contribution is -2.29. The van der Waals surface area contributed by atoms with Crippen LogP contribution in [0.4, 0.5) is 5.69 Å². The fraction of sp³-hybridized carbons (Fsp3) is 0.235. The van der Waals surface area contributed by atoms with Gasteiger partial charge in [0, 0.05) is 31.2 Å². The summed E-state index contributed by atoms with van der Waals surface area (Å²) in [5, 5.41) is 2.98. The third-order valence-corrected chi connectivity index (χ3v) is 3.59. The normalized spacial score (nSPS) is 11.8. The highest BCUT2D eigenvalue weighted by Crippen LogP contribution is 2.17. The first-order valence-electron chi connectivity index (χ1n) is 6.81. The maximum atomic E-state index is 12.4. The first-order valence-corrected chi connectivity index (χ1v) is 7.34. The lowest BCUT2D eigenvalue weighted by molar-refractivity contribution is 0.0940. The van der Waals surface area contributed by atoms with E-state index in [1.807, 2.05) is 67.5 Å². The highest BCUT2D eigenvalue weighted by atomic mass is 35.5. The zero-order valence-electron chi connectivity index (χ0n) is 12.2. The SMILES string of the molecule is CN(C)c1cccc(C(=O)NC(CCl)c2ccccc2)c1. The van der Waals surface area contributed by atoms with E-state index in [1.54, 1.807) is 6.07 Å². The quantitative estimate of drug-likeness (QED) is 0.858. The molecule has 0 saturated carbocycles. The lowest BCUT2D eigenvalue weighted by atomic mass is 10.1. The van der Waals surface area contributed by atoms with Crippen LogP contribution in [-0.2, 0) is 0 Å². The molecule has 110 valence electrons. The van der Waals surface area contributed by atoms with Crippen molar-refractivity contribution in [2.45, 2.75) is 6.04 Å². The number of hydrogen-bond acceptors (Lipinski definition) is 2. The molecule has 4 heteroatoms. The molecule has 3 nitrogen and oxygen atoms in total. The molecule has 0 bridgehead atoms. The number of amides is 1. The highest BCUT2D eigenvalue weighted by Gasteiger charge is 2.15. The molecule has 0 radical (unpaired) electrons. The van der Waals surface area contributed by atoms with Crippen molar-refractivity contribution in [3.05, 3.63) is 65.7 Å². The number of nitrogens with zero attached hydrogens (tertiary/aromatic N) is 1. The Kier molecular flexibility index (Phi) is 5.23. The number of alkyl halides is 1. The van der Waals surface area contributed by atoms with Gasteiger partial charge in [-0.1, -0.05) is 36.4 Å². The summed E-state index contributed by atoms with van der Waals surface area (Å²) in [5.41, 5.74) is 2.63. The van der Waals surface area contributed by atoms with Crippen LogP contribution in [-0.4, -0.2) is 25.9 Å². The number of rotatable bonds is 5. The second-order valence-electron chi connectivity index (χ2n) is 5.04. The van der Waals surface area contributed by atoms with Crippen LogP contribution < -0.4 is 10.2 Å². The number of carbonyl (C=O) groups is 1. The Labute approximate surface area is 130 Å². The van der Waals surface area contributed by atoms with Crippen molar-refractivity contribution in [2.75, 3.05) is 24.9 Å². The van der Waals surface area contributed by atoms with E-state index >= 15 is 0 Å². The first-order chi connectivity index (χ1) is 10.1. The molecule has 2 aromatic carbocycles. The second kappa shape index (κ2) is 7.14. The van der Waals surface area contributed by atoms with E-state index in [0.717, 1.165) is 11.3 Å². The van der Waals surface area contributed by atoms with Gasteiger partial charge in [-0.25, -0.2) is 0 Å². The van der Waals surface area contributed by atoms with E-state index < -0.39 is 0 Å². The Morgan fingerprint density at radius 3 is 2.48 bits per heavy atom. The molecule has 0 fully saturated rings. The van der Waals surface area contributed by atoms with E-state index in [1.165, 1.54) is 0 Å². The van der Waals surface area contributed by atoms with Gasteiger partial charge in [0.2, 0.25) is 0 Å². The number of carbonyl (C=O) groups excluding carboxylic acids is 1. The zero-order chi connectivity index (χ0) is 15.2. The van der Waals surface area contributed by atoms with Gasteiger partial charge in [0.25, 0.3) is 5.91 Å². The molecule has 0 aliphatic carbocycles. The van der Waals surface area contributed by atoms with Crippen LogP contribution in [0.25, 0.3) is 0 Å². The van der Waals surface area contributed by atoms with Crippen molar-refractivity contribution in [1.29, 1.82) is 0 Å². The minimum absolute atomic E-state index is 0.117. The van der Waals surface area contributed by atoms with Gasteiger partial charge < -0.3 is 10.2 Å². The van der Waals surface area contributed by atoms with Crippen LogP contribution in [0, 0.1) is 0 Å². The maximum absolute atomic E-state index is 12.4. The van der Waals surface area contributed by atoms with Crippen molar-refractivity contribution in [2.24, 2.45) is 0 Å². The minimum Gasteiger partial charge on any atom is -0.378 e. The summed E-state index contributed by atoms with van der Waals surface area (Å²) in [7, 11) is 3.89. The Morgan fingerprint density at radius 1 is 1.14 bits per heavy atom. The average Bonchev–Trinajstić information content (AvgIpc) is 2.53. The van der Waals surface area contributed by atoms with Gasteiger partial charge in [-0.3, -0.25) is 4.79 Å². The van der Waals surface area contributed by atoms with Gasteiger partial charge in [-0.2, -0.15) is 0 Å². The summed E-state index contributed by atoms with van der Waals surface area (Å²) in [6, 6.07) is 17.1. The second-order valence-corrected chi connectivity index (χ2v) is 5.34. The van der Waals surface area contributed by atoms with Crippen molar-refractivity contribution in [3.8, 4) is 0 Å². The van der Waals surface area contributed by atoms with Crippen molar-refractivity contribution < 1.29 is 4.79 Å².